The molecule has 2 fully saturated rings. The number of rotatable bonds is 3. The lowest BCUT2D eigenvalue weighted by Gasteiger charge is -2.33. The van der Waals surface area contributed by atoms with Gasteiger partial charge in [-0.25, -0.2) is 9.59 Å². The molecule has 3 atom stereocenters. The van der Waals surface area contributed by atoms with E-state index in [1.54, 1.807) is 0 Å². The van der Waals surface area contributed by atoms with Crippen molar-refractivity contribution < 1.29 is 19.1 Å². The Balaban J connectivity index is 1.66. The van der Waals surface area contributed by atoms with Crippen LogP contribution in [0.25, 0.3) is 0 Å². The molecule has 27 heavy (non-hydrogen) atoms. The third-order valence-electron chi connectivity index (χ3n) is 5.35. The van der Waals surface area contributed by atoms with Crippen LogP contribution in [0.2, 0.25) is 0 Å². The van der Waals surface area contributed by atoms with Gasteiger partial charge in [-0.15, -0.1) is 0 Å². The fourth-order valence-corrected chi connectivity index (χ4v) is 4.10. The van der Waals surface area contributed by atoms with E-state index >= 15 is 0 Å². The Kier molecular flexibility index (Phi) is 6.08. The molecule has 0 spiro atoms. The highest BCUT2D eigenvalue weighted by Gasteiger charge is 2.40. The molecular weight excluding hydrogens is 342 g/mol. The van der Waals surface area contributed by atoms with Crippen molar-refractivity contribution in [1.82, 2.24) is 4.90 Å². The number of nitrogens with zero attached hydrogens (tertiary/aromatic N) is 1. The van der Waals surface area contributed by atoms with E-state index in [0.717, 1.165) is 32.1 Å². The van der Waals surface area contributed by atoms with E-state index in [9.17, 15) is 9.59 Å². The molecule has 5 heteroatoms. The molecule has 0 bridgehead atoms. The molecule has 0 aromatic heterocycles. The maximum Gasteiger partial charge on any atom is 0.411 e. The number of carbonyl (C=O) groups is 2. The smallest absolute Gasteiger partial charge is 0.411 e. The molecule has 2 aliphatic rings. The number of hydrogen-bond acceptors (Lipinski definition) is 4. The fraction of sp³-hybridized carbons (Fsp3) is 0.636. The summed E-state index contributed by atoms with van der Waals surface area (Å²) in [4.78, 5) is 26.9. The van der Waals surface area contributed by atoms with Gasteiger partial charge in [-0.05, 0) is 58.4 Å². The van der Waals surface area contributed by atoms with Gasteiger partial charge in [0.15, 0.2) is 0 Å². The molecule has 5 nitrogen and oxygen atoms in total. The first-order valence-electron chi connectivity index (χ1n) is 10.1. The van der Waals surface area contributed by atoms with Crippen molar-refractivity contribution in [3.63, 3.8) is 0 Å². The Morgan fingerprint density at radius 2 is 1.70 bits per heavy atom. The quantitative estimate of drug-likeness (QED) is 0.724. The van der Waals surface area contributed by atoms with Gasteiger partial charge in [0.1, 0.15) is 17.7 Å². The van der Waals surface area contributed by atoms with Crippen LogP contribution in [0, 0.1) is 0 Å². The van der Waals surface area contributed by atoms with E-state index in [2.05, 4.69) is 12.1 Å². The summed E-state index contributed by atoms with van der Waals surface area (Å²) < 4.78 is 11.4. The van der Waals surface area contributed by atoms with Gasteiger partial charge in [-0.3, -0.25) is 4.90 Å². The van der Waals surface area contributed by atoms with Crippen molar-refractivity contribution in [2.75, 3.05) is 6.54 Å². The molecule has 1 aromatic carbocycles. The van der Waals surface area contributed by atoms with Gasteiger partial charge in [0.25, 0.3) is 0 Å². The zero-order chi connectivity index (χ0) is 19.4. The second-order valence-corrected chi connectivity index (χ2v) is 8.61. The first kappa shape index (κ1) is 19.7. The molecule has 1 amide bonds. The average Bonchev–Trinajstić information content (AvgIpc) is 3.12. The number of likely N-dealkylation sites (tertiary alicyclic amines) is 1. The summed E-state index contributed by atoms with van der Waals surface area (Å²) in [5.74, 6) is -0.0496. The number of esters is 1. The molecule has 1 saturated carbocycles. The average molecular weight is 373 g/mol. The third-order valence-corrected chi connectivity index (χ3v) is 5.35. The Hall–Kier alpha value is -2.04. The number of ether oxygens (including phenoxy) is 2. The summed E-state index contributed by atoms with van der Waals surface area (Å²) in [6.45, 7) is 6.05. The summed E-state index contributed by atoms with van der Waals surface area (Å²) in [5.41, 5.74) is 0.654. The first-order chi connectivity index (χ1) is 12.8. The summed E-state index contributed by atoms with van der Waals surface area (Å²) >= 11 is 0. The van der Waals surface area contributed by atoms with E-state index in [1.165, 1.54) is 10.5 Å². The molecule has 1 aromatic rings. The number of hydrogen-bond donors (Lipinski definition) is 0. The van der Waals surface area contributed by atoms with Gasteiger partial charge in [-0.1, -0.05) is 36.8 Å². The Morgan fingerprint density at radius 1 is 1.00 bits per heavy atom. The summed E-state index contributed by atoms with van der Waals surface area (Å²) in [6.07, 6.45) is 5.03. The van der Waals surface area contributed by atoms with Crippen LogP contribution in [0.1, 0.15) is 70.8 Å². The molecule has 3 rings (SSSR count). The second kappa shape index (κ2) is 8.32. The standard InChI is InChI=1S/C22H31NO4/c1-22(2,3)27-21(25)23-15-9-13-18(23)20(24)26-19-14-8-7-12-17(19)16-10-5-4-6-11-16/h4-6,10-11,17-19H,7-9,12-15H2,1-3H3/t17-,18-,19+/m0/s1. The van der Waals surface area contributed by atoms with Crippen molar-refractivity contribution in [3.05, 3.63) is 35.9 Å². The minimum absolute atomic E-state index is 0.116. The van der Waals surface area contributed by atoms with Crippen molar-refractivity contribution in [3.8, 4) is 0 Å². The van der Waals surface area contributed by atoms with E-state index < -0.39 is 17.7 Å². The van der Waals surface area contributed by atoms with Crippen molar-refractivity contribution in [2.45, 2.75) is 83.0 Å². The maximum atomic E-state index is 12.9. The maximum absolute atomic E-state index is 12.9. The Labute approximate surface area is 162 Å². The molecular formula is C22H31NO4. The van der Waals surface area contributed by atoms with Gasteiger partial charge in [-0.2, -0.15) is 0 Å². The zero-order valence-electron chi connectivity index (χ0n) is 16.6. The molecule has 0 N–H and O–H groups in total. The van der Waals surface area contributed by atoms with E-state index in [-0.39, 0.29) is 18.0 Å². The lowest BCUT2D eigenvalue weighted by molar-refractivity contribution is -0.156. The molecule has 0 radical (unpaired) electrons. The third kappa shape index (κ3) is 5.02. The summed E-state index contributed by atoms with van der Waals surface area (Å²) in [7, 11) is 0. The van der Waals surface area contributed by atoms with Crippen molar-refractivity contribution in [2.24, 2.45) is 0 Å². The van der Waals surface area contributed by atoms with Crippen LogP contribution in [-0.2, 0) is 14.3 Å². The first-order valence-corrected chi connectivity index (χ1v) is 10.1. The highest BCUT2D eigenvalue weighted by molar-refractivity contribution is 5.82. The summed E-state index contributed by atoms with van der Waals surface area (Å²) in [6, 6.07) is 9.76. The predicted molar refractivity (Wildman–Crippen MR) is 103 cm³/mol. The highest BCUT2D eigenvalue weighted by Crippen LogP contribution is 2.35. The largest absolute Gasteiger partial charge is 0.460 e. The van der Waals surface area contributed by atoms with Crippen LogP contribution in [0.3, 0.4) is 0 Å². The zero-order valence-corrected chi connectivity index (χ0v) is 16.6. The Morgan fingerprint density at radius 3 is 2.41 bits per heavy atom. The molecule has 148 valence electrons. The van der Waals surface area contributed by atoms with Gasteiger partial charge < -0.3 is 9.47 Å². The van der Waals surface area contributed by atoms with Crippen LogP contribution >= 0.6 is 0 Å². The van der Waals surface area contributed by atoms with Gasteiger partial charge in [0.2, 0.25) is 0 Å². The summed E-state index contributed by atoms with van der Waals surface area (Å²) in [5, 5.41) is 0. The number of carbonyl (C=O) groups excluding carboxylic acids is 2. The van der Waals surface area contributed by atoms with Crippen LogP contribution in [-0.4, -0.2) is 41.3 Å². The lowest BCUT2D eigenvalue weighted by atomic mass is 9.81. The molecule has 1 aliphatic carbocycles. The normalized spacial score (nSPS) is 25.9. The highest BCUT2D eigenvalue weighted by atomic mass is 16.6. The molecule has 1 saturated heterocycles. The molecule has 1 aliphatic heterocycles. The van der Waals surface area contributed by atoms with Crippen LogP contribution in [0.15, 0.2) is 30.3 Å². The SMILES string of the molecule is CC(C)(C)OC(=O)N1CCC[C@H]1C(=O)O[C@@H]1CCCC[C@H]1c1ccccc1. The van der Waals surface area contributed by atoms with Gasteiger partial charge >= 0.3 is 12.1 Å². The topological polar surface area (TPSA) is 55.8 Å². The van der Waals surface area contributed by atoms with Gasteiger partial charge in [0, 0.05) is 12.5 Å². The van der Waals surface area contributed by atoms with Gasteiger partial charge in [0.05, 0.1) is 0 Å². The van der Waals surface area contributed by atoms with Crippen molar-refractivity contribution >= 4 is 12.1 Å². The minimum Gasteiger partial charge on any atom is -0.460 e. The van der Waals surface area contributed by atoms with E-state index in [1.807, 2.05) is 39.0 Å². The van der Waals surface area contributed by atoms with E-state index in [4.69, 9.17) is 9.47 Å². The number of amides is 1. The monoisotopic (exact) mass is 373 g/mol. The minimum atomic E-state index is -0.574. The predicted octanol–water partition coefficient (Wildman–Crippen LogP) is 4.66. The fourth-order valence-electron chi connectivity index (χ4n) is 4.10. The second-order valence-electron chi connectivity index (χ2n) is 8.61. The van der Waals surface area contributed by atoms with E-state index in [0.29, 0.717) is 13.0 Å². The van der Waals surface area contributed by atoms with Crippen LogP contribution in [0.5, 0.6) is 0 Å². The van der Waals surface area contributed by atoms with Crippen LogP contribution < -0.4 is 0 Å². The lowest BCUT2D eigenvalue weighted by Crippen LogP contribution is -2.45. The van der Waals surface area contributed by atoms with Crippen LogP contribution in [0.4, 0.5) is 4.79 Å². The Bertz CT molecular complexity index is 652. The van der Waals surface area contributed by atoms with Crippen molar-refractivity contribution in [1.29, 1.82) is 0 Å². The molecule has 1 heterocycles. The number of benzene rings is 1. The molecule has 0 unspecified atom stereocenters.